The van der Waals surface area contributed by atoms with E-state index in [1.165, 1.54) is 32.4 Å². The zero-order valence-electron chi connectivity index (χ0n) is 12.4. The Morgan fingerprint density at radius 3 is 2.90 bits per heavy atom. The van der Waals surface area contributed by atoms with E-state index in [1.54, 1.807) is 19.3 Å². The van der Waals surface area contributed by atoms with Gasteiger partial charge in [0.1, 0.15) is 5.69 Å². The molecule has 0 spiro atoms. The number of hydrogen-bond acceptors (Lipinski definition) is 4. The lowest BCUT2D eigenvalue weighted by molar-refractivity contribution is 0.0958. The molecule has 2 rings (SSSR count). The summed E-state index contributed by atoms with van der Waals surface area (Å²) in [4.78, 5) is 18.0. The molecule has 0 saturated carbocycles. The second kappa shape index (κ2) is 7.24. The molecular formula is C15H24N4O. The van der Waals surface area contributed by atoms with E-state index < -0.39 is 0 Å². The van der Waals surface area contributed by atoms with Crippen molar-refractivity contribution in [2.24, 2.45) is 5.92 Å². The molecule has 0 aliphatic carbocycles. The van der Waals surface area contributed by atoms with Gasteiger partial charge in [0.25, 0.3) is 5.91 Å². The molecule has 0 aromatic carbocycles. The number of rotatable bonds is 5. The van der Waals surface area contributed by atoms with Crippen LogP contribution in [0.5, 0.6) is 0 Å². The maximum Gasteiger partial charge on any atom is 0.269 e. The summed E-state index contributed by atoms with van der Waals surface area (Å²) in [5, 5.41) is 5.98. The third kappa shape index (κ3) is 4.20. The van der Waals surface area contributed by atoms with E-state index in [0.29, 0.717) is 5.69 Å². The first-order valence-electron chi connectivity index (χ1n) is 7.29. The zero-order valence-corrected chi connectivity index (χ0v) is 12.4. The molecule has 1 aliphatic rings. The van der Waals surface area contributed by atoms with Crippen LogP contribution in [0.2, 0.25) is 0 Å². The number of hydrogen-bond donors (Lipinski definition) is 2. The SMILES string of the molecule is CNC(=O)c1cc(NCCC2CCN(C)CC2)ccn1. The number of aromatic nitrogens is 1. The normalized spacial score (nSPS) is 16.9. The first-order chi connectivity index (χ1) is 9.69. The molecule has 0 bridgehead atoms. The minimum Gasteiger partial charge on any atom is -0.385 e. The monoisotopic (exact) mass is 276 g/mol. The van der Waals surface area contributed by atoms with Crippen LogP contribution < -0.4 is 10.6 Å². The predicted octanol–water partition coefficient (Wildman–Crippen LogP) is 1.58. The number of carbonyl (C=O) groups excluding carboxylic acids is 1. The second-order valence-electron chi connectivity index (χ2n) is 5.47. The van der Waals surface area contributed by atoms with Crippen molar-refractivity contribution in [1.82, 2.24) is 15.2 Å². The molecule has 0 radical (unpaired) electrons. The van der Waals surface area contributed by atoms with Crippen LogP contribution in [0.3, 0.4) is 0 Å². The molecular weight excluding hydrogens is 252 g/mol. The lowest BCUT2D eigenvalue weighted by Crippen LogP contribution is -2.30. The Morgan fingerprint density at radius 1 is 1.45 bits per heavy atom. The van der Waals surface area contributed by atoms with Crippen molar-refractivity contribution < 1.29 is 4.79 Å². The molecule has 1 saturated heterocycles. The van der Waals surface area contributed by atoms with Crippen molar-refractivity contribution in [3.63, 3.8) is 0 Å². The second-order valence-corrected chi connectivity index (χ2v) is 5.47. The van der Waals surface area contributed by atoms with Crippen LogP contribution in [-0.4, -0.2) is 49.5 Å². The molecule has 5 nitrogen and oxygen atoms in total. The molecule has 110 valence electrons. The van der Waals surface area contributed by atoms with Crippen molar-refractivity contribution in [2.45, 2.75) is 19.3 Å². The molecule has 0 atom stereocenters. The third-order valence-electron chi connectivity index (χ3n) is 3.94. The Hall–Kier alpha value is -1.62. The Kier molecular flexibility index (Phi) is 5.35. The number of pyridine rings is 1. The van der Waals surface area contributed by atoms with Gasteiger partial charge in [-0.05, 0) is 57.5 Å². The van der Waals surface area contributed by atoms with Crippen molar-refractivity contribution in [3.8, 4) is 0 Å². The van der Waals surface area contributed by atoms with Crippen LogP contribution in [-0.2, 0) is 0 Å². The Bertz CT molecular complexity index is 441. The fourth-order valence-electron chi connectivity index (χ4n) is 2.56. The standard InChI is InChI=1S/C15H24N4O/c1-16-15(20)14-11-13(4-8-18-14)17-7-3-12-5-9-19(2)10-6-12/h4,8,11-12H,3,5-7,9-10H2,1-2H3,(H,16,20)(H,17,18). The number of nitrogens with zero attached hydrogens (tertiary/aromatic N) is 2. The van der Waals surface area contributed by atoms with Gasteiger partial charge in [-0.25, -0.2) is 0 Å². The van der Waals surface area contributed by atoms with E-state index in [9.17, 15) is 4.79 Å². The van der Waals surface area contributed by atoms with Gasteiger partial charge in [0.15, 0.2) is 0 Å². The summed E-state index contributed by atoms with van der Waals surface area (Å²) in [5.74, 6) is 0.669. The van der Waals surface area contributed by atoms with Crippen LogP contribution in [0.25, 0.3) is 0 Å². The summed E-state index contributed by atoms with van der Waals surface area (Å²) in [7, 11) is 3.80. The Balaban J connectivity index is 1.78. The van der Waals surface area contributed by atoms with Crippen LogP contribution in [0.4, 0.5) is 5.69 Å². The van der Waals surface area contributed by atoms with E-state index in [-0.39, 0.29) is 5.91 Å². The van der Waals surface area contributed by atoms with Gasteiger partial charge in [0.05, 0.1) is 0 Å². The minimum atomic E-state index is -0.149. The van der Waals surface area contributed by atoms with Gasteiger partial charge in [-0.15, -0.1) is 0 Å². The number of carbonyl (C=O) groups is 1. The number of piperidine rings is 1. The average molecular weight is 276 g/mol. The lowest BCUT2D eigenvalue weighted by Gasteiger charge is -2.28. The van der Waals surface area contributed by atoms with Crippen LogP contribution >= 0.6 is 0 Å². The zero-order chi connectivity index (χ0) is 14.4. The maximum atomic E-state index is 11.5. The highest BCUT2D eigenvalue weighted by atomic mass is 16.1. The van der Waals surface area contributed by atoms with Crippen molar-refractivity contribution >= 4 is 11.6 Å². The van der Waals surface area contributed by atoms with Crippen molar-refractivity contribution in [1.29, 1.82) is 0 Å². The smallest absolute Gasteiger partial charge is 0.269 e. The highest BCUT2D eigenvalue weighted by molar-refractivity contribution is 5.92. The first-order valence-corrected chi connectivity index (χ1v) is 7.29. The van der Waals surface area contributed by atoms with E-state index in [2.05, 4.69) is 27.6 Å². The van der Waals surface area contributed by atoms with Crippen molar-refractivity contribution in [2.75, 3.05) is 39.0 Å². The molecule has 5 heteroatoms. The summed E-state index contributed by atoms with van der Waals surface area (Å²) in [6.45, 7) is 3.37. The van der Waals surface area contributed by atoms with Gasteiger partial charge in [-0.2, -0.15) is 0 Å². The number of nitrogens with one attached hydrogen (secondary N) is 2. The average Bonchev–Trinajstić information content (AvgIpc) is 2.49. The molecule has 1 aliphatic heterocycles. The van der Waals surface area contributed by atoms with Gasteiger partial charge in [0, 0.05) is 25.5 Å². The lowest BCUT2D eigenvalue weighted by atomic mass is 9.94. The Morgan fingerprint density at radius 2 is 2.20 bits per heavy atom. The largest absolute Gasteiger partial charge is 0.385 e. The highest BCUT2D eigenvalue weighted by Gasteiger charge is 2.16. The van der Waals surface area contributed by atoms with Gasteiger partial charge in [-0.1, -0.05) is 0 Å². The molecule has 2 N–H and O–H groups in total. The van der Waals surface area contributed by atoms with E-state index >= 15 is 0 Å². The number of amides is 1. The van der Waals surface area contributed by atoms with Gasteiger partial charge in [0.2, 0.25) is 0 Å². The van der Waals surface area contributed by atoms with Crippen molar-refractivity contribution in [3.05, 3.63) is 24.0 Å². The summed E-state index contributed by atoms with van der Waals surface area (Å²) in [6.07, 6.45) is 5.43. The summed E-state index contributed by atoms with van der Waals surface area (Å²) in [6, 6.07) is 3.70. The van der Waals surface area contributed by atoms with E-state index in [4.69, 9.17) is 0 Å². The third-order valence-corrected chi connectivity index (χ3v) is 3.94. The Labute approximate surface area is 120 Å². The minimum absolute atomic E-state index is 0.149. The molecule has 20 heavy (non-hydrogen) atoms. The van der Waals surface area contributed by atoms with E-state index in [1.807, 2.05) is 6.07 Å². The quantitative estimate of drug-likeness (QED) is 0.857. The van der Waals surface area contributed by atoms with Crippen LogP contribution in [0.1, 0.15) is 29.8 Å². The fraction of sp³-hybridized carbons (Fsp3) is 0.600. The molecule has 0 unspecified atom stereocenters. The summed E-state index contributed by atoms with van der Waals surface area (Å²) in [5.41, 5.74) is 1.42. The molecule has 1 amide bonds. The fourth-order valence-corrected chi connectivity index (χ4v) is 2.56. The molecule has 2 heterocycles. The highest BCUT2D eigenvalue weighted by Crippen LogP contribution is 2.19. The number of anilines is 1. The maximum absolute atomic E-state index is 11.5. The van der Waals surface area contributed by atoms with Crippen LogP contribution in [0.15, 0.2) is 18.3 Å². The molecule has 1 aromatic rings. The molecule has 1 aromatic heterocycles. The topological polar surface area (TPSA) is 57.3 Å². The number of likely N-dealkylation sites (tertiary alicyclic amines) is 1. The van der Waals surface area contributed by atoms with Gasteiger partial charge < -0.3 is 15.5 Å². The van der Waals surface area contributed by atoms with Crippen LogP contribution in [0, 0.1) is 5.92 Å². The van der Waals surface area contributed by atoms with Gasteiger partial charge in [-0.3, -0.25) is 9.78 Å². The summed E-state index contributed by atoms with van der Waals surface area (Å²) >= 11 is 0. The predicted molar refractivity (Wildman–Crippen MR) is 81.0 cm³/mol. The first kappa shape index (κ1) is 14.8. The molecule has 1 fully saturated rings. The van der Waals surface area contributed by atoms with Gasteiger partial charge >= 0.3 is 0 Å². The van der Waals surface area contributed by atoms with E-state index in [0.717, 1.165) is 18.2 Å². The summed E-state index contributed by atoms with van der Waals surface area (Å²) < 4.78 is 0.